The topological polar surface area (TPSA) is 45.3 Å². The van der Waals surface area contributed by atoms with Crippen molar-refractivity contribution < 1.29 is 14.3 Å². The second-order valence-electron chi connectivity index (χ2n) is 9.39. The molecular weight excluding hydrogens is 426 g/mol. The molecule has 3 heterocycles. The van der Waals surface area contributed by atoms with Crippen molar-refractivity contribution >= 4 is 12.0 Å². The lowest BCUT2D eigenvalue weighted by atomic mass is 10.0. The van der Waals surface area contributed by atoms with Gasteiger partial charge in [0.1, 0.15) is 0 Å². The van der Waals surface area contributed by atoms with E-state index in [2.05, 4.69) is 63.2 Å². The van der Waals surface area contributed by atoms with Crippen molar-refractivity contribution in [2.45, 2.75) is 25.3 Å². The normalized spacial score (nSPS) is 21.6. The van der Waals surface area contributed by atoms with Crippen LogP contribution in [0.1, 0.15) is 36.4 Å². The van der Waals surface area contributed by atoms with Crippen molar-refractivity contribution in [3.63, 3.8) is 0 Å². The Morgan fingerprint density at radius 1 is 0.882 bits per heavy atom. The van der Waals surface area contributed by atoms with E-state index in [0.717, 1.165) is 75.6 Å². The Morgan fingerprint density at radius 2 is 1.65 bits per heavy atom. The van der Waals surface area contributed by atoms with Crippen LogP contribution in [-0.4, -0.2) is 79.6 Å². The van der Waals surface area contributed by atoms with Gasteiger partial charge in [0.05, 0.1) is 25.8 Å². The van der Waals surface area contributed by atoms with Crippen molar-refractivity contribution in [3.8, 4) is 11.5 Å². The van der Waals surface area contributed by atoms with Gasteiger partial charge in [-0.15, -0.1) is 0 Å². The molecule has 0 aromatic heterocycles. The summed E-state index contributed by atoms with van der Waals surface area (Å²) in [5.41, 5.74) is 2.39. The molecule has 0 aliphatic carbocycles. The smallest absolute Gasteiger partial charge is 0.237 e. The number of nitrogens with zero attached hydrogens (tertiary/aromatic N) is 3. The van der Waals surface area contributed by atoms with E-state index in [-0.39, 0.29) is 11.9 Å². The molecule has 0 spiro atoms. The van der Waals surface area contributed by atoms with Gasteiger partial charge in [0.25, 0.3) is 0 Å². The molecule has 6 nitrogen and oxygen atoms in total. The minimum absolute atomic E-state index is 0.133. The minimum Gasteiger partial charge on any atom is -0.490 e. The molecule has 34 heavy (non-hydrogen) atoms. The highest BCUT2D eigenvalue weighted by molar-refractivity contribution is 5.79. The molecular formula is C28H35N3O3. The number of benzene rings is 2. The number of carbonyl (C=O) groups is 1. The Bertz CT molecular complexity index is 986. The molecule has 2 saturated heterocycles. The summed E-state index contributed by atoms with van der Waals surface area (Å²) >= 11 is 0. The molecule has 1 atom stereocenters. The Kier molecular flexibility index (Phi) is 7.46. The summed E-state index contributed by atoms with van der Waals surface area (Å²) in [4.78, 5) is 20.1. The molecule has 180 valence electrons. The van der Waals surface area contributed by atoms with Gasteiger partial charge in [-0.3, -0.25) is 14.6 Å². The van der Waals surface area contributed by atoms with Crippen LogP contribution in [0.25, 0.3) is 6.08 Å². The van der Waals surface area contributed by atoms with Gasteiger partial charge in [-0.25, -0.2) is 0 Å². The summed E-state index contributed by atoms with van der Waals surface area (Å²) in [6.07, 6.45) is 7.37. The van der Waals surface area contributed by atoms with Gasteiger partial charge < -0.3 is 14.4 Å². The summed E-state index contributed by atoms with van der Waals surface area (Å²) in [5.74, 6) is 1.87. The number of rotatable bonds is 6. The number of ether oxygens (including phenoxy) is 2. The SMILES string of the molecule is O=C(CN1CCN(C/C=C/c2ccccc2)CC1)N1CCCC1c1ccc2c(c1)OCCCO2. The van der Waals surface area contributed by atoms with Gasteiger partial charge in [0.15, 0.2) is 11.5 Å². The first-order valence-electron chi connectivity index (χ1n) is 12.6. The maximum atomic E-state index is 13.3. The zero-order chi connectivity index (χ0) is 23.2. The molecule has 1 unspecified atom stereocenters. The van der Waals surface area contributed by atoms with Crippen LogP contribution in [0.15, 0.2) is 54.6 Å². The van der Waals surface area contributed by atoms with Crippen LogP contribution in [0.3, 0.4) is 0 Å². The highest BCUT2D eigenvalue weighted by Crippen LogP contribution is 2.38. The number of likely N-dealkylation sites (tertiary alicyclic amines) is 1. The van der Waals surface area contributed by atoms with Crippen molar-refractivity contribution in [1.29, 1.82) is 0 Å². The van der Waals surface area contributed by atoms with E-state index in [4.69, 9.17) is 9.47 Å². The van der Waals surface area contributed by atoms with Crippen LogP contribution in [0.5, 0.6) is 11.5 Å². The molecule has 2 aromatic rings. The molecule has 0 radical (unpaired) electrons. The molecule has 0 saturated carbocycles. The van der Waals surface area contributed by atoms with Gasteiger partial charge in [-0.2, -0.15) is 0 Å². The van der Waals surface area contributed by atoms with E-state index >= 15 is 0 Å². The first kappa shape index (κ1) is 22.9. The highest BCUT2D eigenvalue weighted by atomic mass is 16.5. The third-order valence-electron chi connectivity index (χ3n) is 7.03. The minimum atomic E-state index is 0.133. The number of hydrogen-bond acceptors (Lipinski definition) is 5. The Labute approximate surface area is 202 Å². The quantitative estimate of drug-likeness (QED) is 0.654. The van der Waals surface area contributed by atoms with E-state index in [1.54, 1.807) is 0 Å². The van der Waals surface area contributed by atoms with Crippen LogP contribution in [0, 0.1) is 0 Å². The van der Waals surface area contributed by atoms with Crippen LogP contribution in [0.4, 0.5) is 0 Å². The number of amides is 1. The van der Waals surface area contributed by atoms with E-state index < -0.39 is 0 Å². The van der Waals surface area contributed by atoms with Crippen molar-refractivity contribution in [2.75, 3.05) is 59.0 Å². The first-order valence-corrected chi connectivity index (χ1v) is 12.6. The van der Waals surface area contributed by atoms with Gasteiger partial charge in [-0.1, -0.05) is 48.6 Å². The summed E-state index contributed by atoms with van der Waals surface area (Å²) in [5, 5.41) is 0. The third-order valence-corrected chi connectivity index (χ3v) is 7.03. The third kappa shape index (κ3) is 5.62. The molecule has 3 aliphatic rings. The van der Waals surface area contributed by atoms with Gasteiger partial charge in [0, 0.05) is 45.7 Å². The Hall–Kier alpha value is -2.83. The van der Waals surface area contributed by atoms with Crippen molar-refractivity contribution in [1.82, 2.24) is 14.7 Å². The predicted octanol–water partition coefficient (Wildman–Crippen LogP) is 3.84. The number of hydrogen-bond donors (Lipinski definition) is 0. The van der Waals surface area contributed by atoms with Crippen LogP contribution < -0.4 is 9.47 Å². The zero-order valence-corrected chi connectivity index (χ0v) is 19.9. The number of carbonyl (C=O) groups excluding carboxylic acids is 1. The van der Waals surface area contributed by atoms with E-state index in [0.29, 0.717) is 19.8 Å². The summed E-state index contributed by atoms with van der Waals surface area (Å²) in [6, 6.07) is 16.7. The average Bonchev–Trinajstić information content (AvgIpc) is 3.25. The average molecular weight is 462 g/mol. The Balaban J connectivity index is 1.12. The molecule has 2 fully saturated rings. The van der Waals surface area contributed by atoms with Crippen molar-refractivity contribution in [3.05, 3.63) is 65.7 Å². The van der Waals surface area contributed by atoms with Crippen LogP contribution >= 0.6 is 0 Å². The lowest BCUT2D eigenvalue weighted by molar-refractivity contribution is -0.133. The maximum absolute atomic E-state index is 13.3. The van der Waals surface area contributed by atoms with Crippen LogP contribution in [0.2, 0.25) is 0 Å². The summed E-state index contributed by atoms with van der Waals surface area (Å²) in [6.45, 7) is 7.54. The van der Waals surface area contributed by atoms with E-state index in [1.165, 1.54) is 5.56 Å². The lowest BCUT2D eigenvalue weighted by Crippen LogP contribution is -2.49. The number of piperazine rings is 1. The number of fused-ring (bicyclic) bond motifs is 1. The largest absolute Gasteiger partial charge is 0.490 e. The second-order valence-corrected chi connectivity index (χ2v) is 9.39. The molecule has 2 aromatic carbocycles. The first-order chi connectivity index (χ1) is 16.8. The molecule has 5 rings (SSSR count). The fourth-order valence-electron chi connectivity index (χ4n) is 5.11. The molecule has 6 heteroatoms. The zero-order valence-electron chi connectivity index (χ0n) is 19.9. The fourth-order valence-corrected chi connectivity index (χ4v) is 5.11. The van der Waals surface area contributed by atoms with Gasteiger partial charge in [0.2, 0.25) is 5.91 Å². The maximum Gasteiger partial charge on any atom is 0.237 e. The predicted molar refractivity (Wildman–Crippen MR) is 134 cm³/mol. The molecule has 3 aliphatic heterocycles. The standard InChI is InChI=1S/C28H35N3O3/c32-28(22-30-17-15-29(16-18-30)13-4-9-23-7-2-1-3-8-23)31-14-5-10-25(31)24-11-12-26-27(21-24)34-20-6-19-33-26/h1-4,7-9,11-12,21,25H,5-6,10,13-20,22H2/b9-4+. The molecule has 0 N–H and O–H groups in total. The van der Waals surface area contributed by atoms with E-state index in [1.807, 2.05) is 12.1 Å². The Morgan fingerprint density at radius 3 is 2.47 bits per heavy atom. The lowest BCUT2D eigenvalue weighted by Gasteiger charge is -2.35. The van der Waals surface area contributed by atoms with Gasteiger partial charge in [-0.05, 0) is 36.1 Å². The summed E-state index contributed by atoms with van der Waals surface area (Å²) in [7, 11) is 0. The summed E-state index contributed by atoms with van der Waals surface area (Å²) < 4.78 is 11.7. The fraction of sp³-hybridized carbons (Fsp3) is 0.464. The van der Waals surface area contributed by atoms with Crippen molar-refractivity contribution in [2.24, 2.45) is 0 Å². The molecule has 1 amide bonds. The van der Waals surface area contributed by atoms with Crippen LogP contribution in [-0.2, 0) is 4.79 Å². The monoisotopic (exact) mass is 461 g/mol. The van der Waals surface area contributed by atoms with Gasteiger partial charge >= 0.3 is 0 Å². The molecule has 0 bridgehead atoms. The second kappa shape index (κ2) is 11.1. The van der Waals surface area contributed by atoms with E-state index in [9.17, 15) is 4.79 Å². The highest BCUT2D eigenvalue weighted by Gasteiger charge is 2.32.